The number of carbonyl (C=O) groups excluding carboxylic acids is 4. The zero-order chi connectivity index (χ0) is 38.3. The molecule has 4 aliphatic carbocycles. The molecule has 1 unspecified atom stereocenters. The number of fused-ring (bicyclic) bond motifs is 4. The first-order valence-corrected chi connectivity index (χ1v) is 20.3. The van der Waals surface area contributed by atoms with Gasteiger partial charge in [0, 0.05) is 42.2 Å². The van der Waals surface area contributed by atoms with Crippen LogP contribution in [0.4, 0.5) is 4.79 Å². The summed E-state index contributed by atoms with van der Waals surface area (Å²) in [5.41, 5.74) is 1.49. The molecule has 6 aliphatic rings. The van der Waals surface area contributed by atoms with E-state index in [0.29, 0.717) is 50.0 Å². The summed E-state index contributed by atoms with van der Waals surface area (Å²) in [6.45, 7) is 9.20. The molecule has 4 saturated carbocycles. The number of hydrogen-bond donors (Lipinski definition) is 0. The summed E-state index contributed by atoms with van der Waals surface area (Å²) in [5, 5.41) is 0. The van der Waals surface area contributed by atoms with Crippen LogP contribution in [0.3, 0.4) is 0 Å². The first-order chi connectivity index (χ1) is 25.8. The number of ether oxygens (including phenoxy) is 7. The number of cyclic esters (lactones) is 1. The van der Waals surface area contributed by atoms with Crippen LogP contribution in [-0.2, 0) is 42.8 Å². The molecule has 296 valence electrons. The van der Waals surface area contributed by atoms with Gasteiger partial charge in [-0.3, -0.25) is 9.59 Å². The average Bonchev–Trinajstić information content (AvgIpc) is 3.64. The number of methoxy groups -OCH3 is 1. The van der Waals surface area contributed by atoms with Crippen molar-refractivity contribution in [2.24, 2.45) is 40.4 Å². The van der Waals surface area contributed by atoms with Crippen molar-refractivity contribution >= 4 is 24.1 Å². The molecule has 54 heavy (non-hydrogen) atoms. The Hall–Kier alpha value is -3.44. The van der Waals surface area contributed by atoms with E-state index < -0.39 is 24.0 Å². The number of unbranched alkanes of at least 4 members (excludes halogenated alkanes) is 2. The minimum absolute atomic E-state index is 0.0426. The molecule has 2 heterocycles. The Morgan fingerprint density at radius 1 is 0.926 bits per heavy atom. The summed E-state index contributed by atoms with van der Waals surface area (Å²) >= 11 is 0. The molecule has 7 rings (SSSR count). The van der Waals surface area contributed by atoms with Crippen molar-refractivity contribution in [1.82, 2.24) is 0 Å². The molecule has 1 aromatic carbocycles. The van der Waals surface area contributed by atoms with E-state index in [0.717, 1.165) is 68.3 Å². The fourth-order valence-corrected chi connectivity index (χ4v) is 11.5. The molecular weight excluding hydrogens is 692 g/mol. The number of benzene rings is 1. The van der Waals surface area contributed by atoms with Crippen molar-refractivity contribution in [3.8, 4) is 5.75 Å². The Morgan fingerprint density at radius 2 is 1.69 bits per heavy atom. The second-order valence-electron chi connectivity index (χ2n) is 17.6. The molecule has 10 atom stereocenters. The van der Waals surface area contributed by atoms with Crippen molar-refractivity contribution in [2.45, 2.75) is 135 Å². The maximum Gasteiger partial charge on any atom is 0.516 e. The quantitative estimate of drug-likeness (QED) is 0.0887. The van der Waals surface area contributed by atoms with Crippen molar-refractivity contribution in [2.75, 3.05) is 20.3 Å². The first-order valence-electron chi connectivity index (χ1n) is 20.3. The fourth-order valence-electron chi connectivity index (χ4n) is 11.5. The summed E-state index contributed by atoms with van der Waals surface area (Å²) in [6.07, 6.45) is 9.99. The standard InChI is InChI=1S/C43H58O11/c1-26(2)24-50-40(47)53-36(45)10-8-6-7-9-35(44)51-31-17-19-41(3)29(22-31)13-16-33-32(41)18-20-42(4)38(28-21-37(46)49-25-28)34-23-43(33,42)54-39(52-34)27-11-14-30(48-5)15-12-27/h11-12,14-15,21,26,29,31-34,38-39H,6-10,13,16-20,22-25H2,1-5H3/t29-,31+,32+,33-,34+,38+,39?,41+,42-,43+/m1/s1. The van der Waals surface area contributed by atoms with Crippen molar-refractivity contribution < 1.29 is 52.3 Å². The summed E-state index contributed by atoms with van der Waals surface area (Å²) in [6, 6.07) is 7.97. The first kappa shape index (κ1) is 38.8. The highest BCUT2D eigenvalue weighted by Crippen LogP contribution is 2.73. The molecule has 1 saturated heterocycles. The van der Waals surface area contributed by atoms with Gasteiger partial charge in [0.15, 0.2) is 6.29 Å². The van der Waals surface area contributed by atoms with Crippen molar-refractivity contribution in [1.29, 1.82) is 0 Å². The van der Waals surface area contributed by atoms with Crippen LogP contribution in [0.25, 0.3) is 0 Å². The molecule has 5 fully saturated rings. The lowest BCUT2D eigenvalue weighted by atomic mass is 9.43. The third-order valence-corrected chi connectivity index (χ3v) is 14.1. The highest BCUT2D eigenvalue weighted by atomic mass is 16.7. The molecule has 2 aliphatic heterocycles. The van der Waals surface area contributed by atoms with Gasteiger partial charge >= 0.3 is 24.1 Å². The van der Waals surface area contributed by atoms with Gasteiger partial charge in [-0.2, -0.15) is 0 Å². The monoisotopic (exact) mass is 750 g/mol. The van der Waals surface area contributed by atoms with Gasteiger partial charge in [0.05, 0.1) is 25.4 Å². The second-order valence-corrected chi connectivity index (χ2v) is 17.6. The lowest BCUT2D eigenvalue weighted by Crippen LogP contribution is -2.63. The SMILES string of the molecule is COc1ccc(C2O[C@H]3C[C@]4(O2)[C@@H]2CC[C@@H]5C[C@@H](OC(=O)CCCCCC(=O)OC(=O)OCC(C)C)CC[C@]5(C)[C@H]2CC[C@]4(C)[C@H]3C2=CC(=O)OC2)cc1. The molecular formula is C43H58O11. The second kappa shape index (κ2) is 15.6. The maximum atomic E-state index is 12.9. The molecule has 2 bridgehead atoms. The van der Waals surface area contributed by atoms with Crippen LogP contribution in [0.15, 0.2) is 35.9 Å². The van der Waals surface area contributed by atoms with Gasteiger partial charge in [0.1, 0.15) is 18.5 Å². The zero-order valence-electron chi connectivity index (χ0n) is 32.6. The Bertz CT molecular complexity index is 1600. The van der Waals surface area contributed by atoms with Gasteiger partial charge in [-0.1, -0.05) is 46.2 Å². The highest BCUT2D eigenvalue weighted by molar-refractivity contribution is 5.85. The van der Waals surface area contributed by atoms with Crippen LogP contribution >= 0.6 is 0 Å². The molecule has 1 spiro atoms. The van der Waals surface area contributed by atoms with Crippen molar-refractivity contribution in [3.05, 3.63) is 41.5 Å². The Kier molecular flexibility index (Phi) is 11.2. The minimum Gasteiger partial charge on any atom is -0.497 e. The van der Waals surface area contributed by atoms with Gasteiger partial charge in [-0.15, -0.1) is 0 Å². The van der Waals surface area contributed by atoms with E-state index in [1.165, 1.54) is 0 Å². The predicted octanol–water partition coefficient (Wildman–Crippen LogP) is 8.18. The van der Waals surface area contributed by atoms with Gasteiger partial charge < -0.3 is 33.2 Å². The summed E-state index contributed by atoms with van der Waals surface area (Å²) < 4.78 is 40.8. The number of rotatable bonds is 12. The van der Waals surface area contributed by atoms with Gasteiger partial charge in [-0.05, 0) is 105 Å². The predicted molar refractivity (Wildman–Crippen MR) is 196 cm³/mol. The number of hydrogen-bond acceptors (Lipinski definition) is 11. The molecule has 0 N–H and O–H groups in total. The Morgan fingerprint density at radius 3 is 2.39 bits per heavy atom. The Balaban J connectivity index is 0.971. The van der Waals surface area contributed by atoms with Crippen molar-refractivity contribution in [3.63, 3.8) is 0 Å². The van der Waals surface area contributed by atoms with E-state index >= 15 is 0 Å². The fraction of sp³-hybridized carbons (Fsp3) is 0.721. The van der Waals surface area contributed by atoms with Crippen LogP contribution in [0, 0.1) is 40.4 Å². The van der Waals surface area contributed by atoms with Gasteiger partial charge in [0.25, 0.3) is 0 Å². The maximum absolute atomic E-state index is 12.9. The molecule has 0 aromatic heterocycles. The molecule has 0 radical (unpaired) electrons. The summed E-state index contributed by atoms with van der Waals surface area (Å²) in [4.78, 5) is 48.8. The van der Waals surface area contributed by atoms with Gasteiger partial charge in [-0.25, -0.2) is 9.59 Å². The zero-order valence-corrected chi connectivity index (χ0v) is 32.6. The molecule has 1 aromatic rings. The lowest BCUT2D eigenvalue weighted by molar-refractivity contribution is -0.319. The normalized spacial score (nSPS) is 36.6. The van der Waals surface area contributed by atoms with E-state index in [-0.39, 0.29) is 59.8 Å². The van der Waals surface area contributed by atoms with E-state index in [4.69, 9.17) is 33.2 Å². The third-order valence-electron chi connectivity index (χ3n) is 14.1. The van der Waals surface area contributed by atoms with Crippen LogP contribution in [0.1, 0.15) is 123 Å². The Labute approximate surface area is 319 Å². The molecule has 11 nitrogen and oxygen atoms in total. The van der Waals surface area contributed by atoms with Crippen LogP contribution in [-0.4, -0.2) is 62.2 Å². The van der Waals surface area contributed by atoms with Crippen LogP contribution in [0.5, 0.6) is 5.75 Å². The largest absolute Gasteiger partial charge is 0.516 e. The highest BCUT2D eigenvalue weighted by Gasteiger charge is 2.74. The topological polar surface area (TPSA) is 133 Å². The van der Waals surface area contributed by atoms with E-state index in [1.54, 1.807) is 13.2 Å². The van der Waals surface area contributed by atoms with E-state index in [1.807, 2.05) is 38.1 Å². The molecule has 0 amide bonds. The summed E-state index contributed by atoms with van der Waals surface area (Å²) in [5.74, 6) is 1.19. The average molecular weight is 751 g/mol. The van der Waals surface area contributed by atoms with E-state index in [2.05, 4.69) is 13.8 Å². The third kappa shape index (κ3) is 7.31. The lowest BCUT2D eigenvalue weighted by Gasteiger charge is -2.65. The summed E-state index contributed by atoms with van der Waals surface area (Å²) in [7, 11) is 1.66. The molecule has 11 heteroatoms. The van der Waals surface area contributed by atoms with Crippen LogP contribution in [0.2, 0.25) is 0 Å². The number of carbonyl (C=O) groups is 4. The van der Waals surface area contributed by atoms with Gasteiger partial charge in [0.2, 0.25) is 0 Å². The van der Waals surface area contributed by atoms with E-state index in [9.17, 15) is 19.2 Å². The smallest absolute Gasteiger partial charge is 0.497 e. The van der Waals surface area contributed by atoms with Crippen LogP contribution < -0.4 is 4.74 Å². The number of esters is 3. The minimum atomic E-state index is -0.960.